The molecule has 88 valence electrons. The van der Waals surface area contributed by atoms with Crippen molar-refractivity contribution in [2.75, 3.05) is 12.8 Å². The second-order valence-corrected chi connectivity index (χ2v) is 2.96. The minimum absolute atomic E-state index is 0.216. The summed E-state index contributed by atoms with van der Waals surface area (Å²) in [5.74, 6) is -2.39. The Labute approximate surface area is 89.2 Å². The lowest BCUT2D eigenvalue weighted by Gasteiger charge is -2.10. The number of hydrogen-bond acceptors (Lipinski definition) is 4. The summed E-state index contributed by atoms with van der Waals surface area (Å²) < 4.78 is 42.3. The third-order valence-corrected chi connectivity index (χ3v) is 1.92. The molecule has 0 fully saturated rings. The molecule has 0 amide bonds. The number of carbonyl (C=O) groups excluding carboxylic acids is 1. The lowest BCUT2D eigenvalue weighted by atomic mass is 10.1. The van der Waals surface area contributed by atoms with E-state index in [2.05, 4.69) is 9.72 Å². The molecule has 0 spiro atoms. The first kappa shape index (κ1) is 12.3. The number of nitrogens with zero attached hydrogens (tertiary/aromatic N) is 1. The van der Waals surface area contributed by atoms with E-state index in [0.29, 0.717) is 0 Å². The van der Waals surface area contributed by atoms with Gasteiger partial charge in [-0.05, 0) is 11.6 Å². The molecule has 1 heterocycles. The molecule has 0 aromatic carbocycles. The minimum Gasteiger partial charge on any atom is -0.469 e. The molecule has 0 unspecified atom stereocenters. The Hall–Kier alpha value is -1.79. The number of halogens is 3. The topological polar surface area (TPSA) is 65.2 Å². The SMILES string of the molecule is COC(=O)Cc1cc(F)nc(N)c1C(F)F. The third-order valence-electron chi connectivity index (χ3n) is 1.92. The number of pyridine rings is 1. The summed E-state index contributed by atoms with van der Waals surface area (Å²) in [7, 11) is 1.10. The summed E-state index contributed by atoms with van der Waals surface area (Å²) in [5.41, 5.74) is 4.31. The van der Waals surface area contributed by atoms with Crippen molar-refractivity contribution in [1.29, 1.82) is 0 Å². The molecule has 16 heavy (non-hydrogen) atoms. The molecular formula is C9H9F3N2O2. The average molecular weight is 234 g/mol. The number of methoxy groups -OCH3 is 1. The van der Waals surface area contributed by atoms with Gasteiger partial charge in [-0.25, -0.2) is 13.8 Å². The van der Waals surface area contributed by atoms with E-state index in [1.165, 1.54) is 0 Å². The first-order chi connectivity index (χ1) is 7.45. The van der Waals surface area contributed by atoms with Crippen LogP contribution in [0.4, 0.5) is 19.0 Å². The number of carbonyl (C=O) groups is 1. The maximum atomic E-state index is 12.8. The fourth-order valence-corrected chi connectivity index (χ4v) is 1.22. The lowest BCUT2D eigenvalue weighted by molar-refractivity contribution is -0.139. The van der Waals surface area contributed by atoms with Gasteiger partial charge in [0.1, 0.15) is 5.82 Å². The highest BCUT2D eigenvalue weighted by molar-refractivity contribution is 5.73. The Bertz CT molecular complexity index is 410. The summed E-state index contributed by atoms with van der Waals surface area (Å²) in [4.78, 5) is 14.0. The van der Waals surface area contributed by atoms with E-state index in [0.717, 1.165) is 13.2 Å². The van der Waals surface area contributed by atoms with Gasteiger partial charge in [-0.15, -0.1) is 0 Å². The zero-order chi connectivity index (χ0) is 12.3. The molecule has 7 heteroatoms. The van der Waals surface area contributed by atoms with Crippen LogP contribution >= 0.6 is 0 Å². The van der Waals surface area contributed by atoms with Gasteiger partial charge in [0.15, 0.2) is 0 Å². The number of nitrogen functional groups attached to an aromatic ring is 1. The minimum atomic E-state index is -2.92. The molecular weight excluding hydrogens is 225 g/mol. The van der Waals surface area contributed by atoms with E-state index in [1.807, 2.05) is 0 Å². The second-order valence-electron chi connectivity index (χ2n) is 2.96. The van der Waals surface area contributed by atoms with Gasteiger partial charge in [-0.3, -0.25) is 4.79 Å². The fourth-order valence-electron chi connectivity index (χ4n) is 1.22. The van der Waals surface area contributed by atoms with Crippen molar-refractivity contribution in [2.45, 2.75) is 12.8 Å². The zero-order valence-corrected chi connectivity index (χ0v) is 8.34. The van der Waals surface area contributed by atoms with Crippen LogP contribution < -0.4 is 5.73 Å². The average Bonchev–Trinajstić information content (AvgIpc) is 2.15. The first-order valence-electron chi connectivity index (χ1n) is 4.25. The molecule has 4 nitrogen and oxygen atoms in total. The van der Waals surface area contributed by atoms with E-state index in [9.17, 15) is 18.0 Å². The van der Waals surface area contributed by atoms with E-state index in [-0.39, 0.29) is 5.56 Å². The molecule has 0 aliphatic rings. The van der Waals surface area contributed by atoms with Crippen LogP contribution in [0.15, 0.2) is 6.07 Å². The summed E-state index contributed by atoms with van der Waals surface area (Å²) in [5, 5.41) is 0. The van der Waals surface area contributed by atoms with Gasteiger partial charge in [0.25, 0.3) is 6.43 Å². The summed E-state index contributed by atoms with van der Waals surface area (Å²) in [6, 6.07) is 0.745. The molecule has 0 saturated carbocycles. The van der Waals surface area contributed by atoms with Crippen molar-refractivity contribution in [2.24, 2.45) is 0 Å². The standard InChI is InChI=1S/C9H9F3N2O2/c1-16-6(15)3-4-2-5(10)14-9(13)7(4)8(11)12/h2,8H,3H2,1H3,(H2,13,14). The van der Waals surface area contributed by atoms with Crippen LogP contribution in [0, 0.1) is 5.95 Å². The Balaban J connectivity index is 3.18. The zero-order valence-electron chi connectivity index (χ0n) is 8.34. The Kier molecular flexibility index (Phi) is 3.70. The number of rotatable bonds is 3. The molecule has 0 saturated heterocycles. The number of hydrogen-bond donors (Lipinski definition) is 1. The van der Waals surface area contributed by atoms with Gasteiger partial charge in [-0.1, -0.05) is 0 Å². The number of nitrogens with two attached hydrogens (primary N) is 1. The molecule has 0 bridgehead atoms. The van der Waals surface area contributed by atoms with Crippen LogP contribution in [0.2, 0.25) is 0 Å². The fraction of sp³-hybridized carbons (Fsp3) is 0.333. The molecule has 1 aromatic rings. The van der Waals surface area contributed by atoms with Gasteiger partial charge in [0.2, 0.25) is 5.95 Å². The van der Waals surface area contributed by atoms with Crippen molar-refractivity contribution < 1.29 is 22.7 Å². The molecule has 0 radical (unpaired) electrons. The monoisotopic (exact) mass is 234 g/mol. The number of anilines is 1. The number of ether oxygens (including phenoxy) is 1. The van der Waals surface area contributed by atoms with Crippen molar-refractivity contribution in [3.8, 4) is 0 Å². The van der Waals surface area contributed by atoms with Crippen LogP contribution in [0.1, 0.15) is 17.6 Å². The molecule has 2 N–H and O–H groups in total. The quantitative estimate of drug-likeness (QED) is 0.635. The smallest absolute Gasteiger partial charge is 0.309 e. The van der Waals surface area contributed by atoms with Gasteiger partial charge >= 0.3 is 5.97 Å². The van der Waals surface area contributed by atoms with Crippen LogP contribution in [0.25, 0.3) is 0 Å². The predicted octanol–water partition coefficient (Wildman–Crippen LogP) is 1.46. The van der Waals surface area contributed by atoms with E-state index < -0.39 is 36.1 Å². The van der Waals surface area contributed by atoms with Crippen LogP contribution in [-0.2, 0) is 16.0 Å². The predicted molar refractivity (Wildman–Crippen MR) is 49.3 cm³/mol. The van der Waals surface area contributed by atoms with Gasteiger partial charge < -0.3 is 10.5 Å². The molecule has 0 aliphatic heterocycles. The highest BCUT2D eigenvalue weighted by atomic mass is 19.3. The van der Waals surface area contributed by atoms with Crippen LogP contribution in [-0.4, -0.2) is 18.1 Å². The molecule has 0 atom stereocenters. The first-order valence-corrected chi connectivity index (χ1v) is 4.25. The van der Waals surface area contributed by atoms with Crippen molar-refractivity contribution in [3.63, 3.8) is 0 Å². The number of alkyl halides is 2. The van der Waals surface area contributed by atoms with Crippen LogP contribution in [0.3, 0.4) is 0 Å². The number of aromatic nitrogens is 1. The Morgan fingerprint density at radius 3 is 2.75 bits per heavy atom. The Morgan fingerprint density at radius 2 is 2.25 bits per heavy atom. The molecule has 1 rings (SSSR count). The highest BCUT2D eigenvalue weighted by Crippen LogP contribution is 2.28. The summed E-state index contributed by atoms with van der Waals surface area (Å²) >= 11 is 0. The highest BCUT2D eigenvalue weighted by Gasteiger charge is 2.21. The van der Waals surface area contributed by atoms with Gasteiger partial charge in [0.05, 0.1) is 19.1 Å². The van der Waals surface area contributed by atoms with Crippen LogP contribution in [0.5, 0.6) is 0 Å². The van der Waals surface area contributed by atoms with Crippen molar-refractivity contribution in [3.05, 3.63) is 23.1 Å². The summed E-state index contributed by atoms with van der Waals surface area (Å²) in [6.07, 6.45) is -3.40. The molecule has 1 aromatic heterocycles. The lowest BCUT2D eigenvalue weighted by Crippen LogP contribution is -2.11. The van der Waals surface area contributed by atoms with E-state index in [1.54, 1.807) is 0 Å². The van der Waals surface area contributed by atoms with E-state index >= 15 is 0 Å². The molecule has 0 aliphatic carbocycles. The van der Waals surface area contributed by atoms with E-state index in [4.69, 9.17) is 5.73 Å². The number of esters is 1. The van der Waals surface area contributed by atoms with Crippen molar-refractivity contribution >= 4 is 11.8 Å². The van der Waals surface area contributed by atoms with Gasteiger partial charge in [-0.2, -0.15) is 4.39 Å². The maximum absolute atomic E-state index is 12.8. The maximum Gasteiger partial charge on any atom is 0.309 e. The second kappa shape index (κ2) is 4.82. The van der Waals surface area contributed by atoms with Gasteiger partial charge in [0, 0.05) is 0 Å². The normalized spacial score (nSPS) is 10.6. The van der Waals surface area contributed by atoms with Crippen molar-refractivity contribution in [1.82, 2.24) is 4.98 Å². The largest absolute Gasteiger partial charge is 0.469 e. The Morgan fingerprint density at radius 1 is 1.62 bits per heavy atom. The third kappa shape index (κ3) is 2.62. The summed E-state index contributed by atoms with van der Waals surface area (Å²) in [6.45, 7) is 0.